The number of amides is 2. The van der Waals surface area contributed by atoms with Crippen molar-refractivity contribution in [2.24, 2.45) is 5.92 Å². The van der Waals surface area contributed by atoms with Crippen molar-refractivity contribution in [2.45, 2.75) is 38.1 Å². The summed E-state index contributed by atoms with van der Waals surface area (Å²) in [6, 6.07) is 5.55. The molecule has 0 aromatic heterocycles. The van der Waals surface area contributed by atoms with Gasteiger partial charge in [0.1, 0.15) is 11.5 Å². The first-order valence-corrected chi connectivity index (χ1v) is 8.67. The number of nitrogens with zero attached hydrogens (tertiary/aromatic N) is 1. The molecule has 25 heavy (non-hydrogen) atoms. The van der Waals surface area contributed by atoms with Crippen molar-refractivity contribution < 1.29 is 24.2 Å². The van der Waals surface area contributed by atoms with Crippen LogP contribution in [-0.2, 0) is 4.79 Å². The largest absolute Gasteiger partial charge is 0.497 e. The Hall–Kier alpha value is -2.44. The first-order valence-electron chi connectivity index (χ1n) is 8.67. The number of nitrogens with one attached hydrogen (secondary N) is 1. The third-order valence-electron chi connectivity index (χ3n) is 5.04. The Morgan fingerprint density at radius 2 is 2.12 bits per heavy atom. The van der Waals surface area contributed by atoms with Crippen LogP contribution in [0.3, 0.4) is 0 Å². The van der Waals surface area contributed by atoms with E-state index in [-0.39, 0.29) is 18.6 Å². The van der Waals surface area contributed by atoms with Gasteiger partial charge >= 0.3 is 6.09 Å². The maximum absolute atomic E-state index is 12.3. The number of benzene rings is 1. The molecular weight excluding hydrogens is 324 g/mol. The van der Waals surface area contributed by atoms with Crippen LogP contribution >= 0.6 is 0 Å². The number of hydrogen-bond donors (Lipinski definition) is 2. The monoisotopic (exact) mass is 348 g/mol. The molecule has 2 aliphatic rings. The molecule has 1 fully saturated rings. The topological polar surface area (TPSA) is 88.1 Å². The van der Waals surface area contributed by atoms with Gasteiger partial charge in [0.05, 0.1) is 12.8 Å². The lowest BCUT2D eigenvalue weighted by Gasteiger charge is -2.33. The molecule has 0 unspecified atom stereocenters. The zero-order valence-corrected chi connectivity index (χ0v) is 14.4. The van der Waals surface area contributed by atoms with Gasteiger partial charge in [-0.25, -0.2) is 4.79 Å². The number of methoxy groups -OCH3 is 1. The highest BCUT2D eigenvalue weighted by Gasteiger charge is 2.28. The highest BCUT2D eigenvalue weighted by Crippen LogP contribution is 2.36. The first kappa shape index (κ1) is 17.4. The lowest BCUT2D eigenvalue weighted by Crippen LogP contribution is -2.41. The molecule has 0 spiro atoms. The summed E-state index contributed by atoms with van der Waals surface area (Å²) in [5.74, 6) is 1.87. The van der Waals surface area contributed by atoms with Crippen molar-refractivity contribution in [2.75, 3.05) is 25.2 Å². The van der Waals surface area contributed by atoms with E-state index in [0.717, 1.165) is 37.8 Å². The van der Waals surface area contributed by atoms with E-state index >= 15 is 0 Å². The van der Waals surface area contributed by atoms with Crippen LogP contribution in [0.15, 0.2) is 18.2 Å². The van der Waals surface area contributed by atoms with Crippen LogP contribution in [0, 0.1) is 5.92 Å². The Morgan fingerprint density at radius 1 is 1.36 bits per heavy atom. The van der Waals surface area contributed by atoms with Gasteiger partial charge in [-0.3, -0.25) is 4.79 Å². The zero-order valence-electron chi connectivity index (χ0n) is 14.4. The summed E-state index contributed by atoms with van der Waals surface area (Å²) < 4.78 is 10.8. The van der Waals surface area contributed by atoms with Gasteiger partial charge in [0.2, 0.25) is 0 Å². The third kappa shape index (κ3) is 4.15. The molecule has 0 saturated heterocycles. The molecule has 0 radical (unpaired) electrons. The standard InChI is InChI=1S/C18H24N2O5/c1-24-14-6-7-16-15(10-14)20(17(21)11-25-16)9-8-12-2-4-13(5-3-12)19-18(22)23/h6-7,10,12-13,19H,2-5,8-9,11H2,1H3,(H,22,23). The van der Waals surface area contributed by atoms with Crippen LogP contribution in [0.5, 0.6) is 11.5 Å². The van der Waals surface area contributed by atoms with Gasteiger partial charge in [0, 0.05) is 18.7 Å². The average Bonchev–Trinajstić information content (AvgIpc) is 2.61. The van der Waals surface area contributed by atoms with E-state index in [1.807, 2.05) is 18.2 Å². The molecule has 0 atom stereocenters. The van der Waals surface area contributed by atoms with Gasteiger partial charge in [-0.15, -0.1) is 0 Å². The molecule has 2 N–H and O–H groups in total. The molecule has 1 aromatic carbocycles. The predicted octanol–water partition coefficient (Wildman–Crippen LogP) is 2.64. The van der Waals surface area contributed by atoms with Gasteiger partial charge in [0.15, 0.2) is 6.61 Å². The third-order valence-corrected chi connectivity index (χ3v) is 5.04. The minimum atomic E-state index is -0.951. The van der Waals surface area contributed by atoms with Crippen molar-refractivity contribution in [1.29, 1.82) is 0 Å². The van der Waals surface area contributed by atoms with Crippen molar-refractivity contribution in [3.05, 3.63) is 18.2 Å². The summed E-state index contributed by atoms with van der Waals surface area (Å²) in [7, 11) is 1.60. The van der Waals surface area contributed by atoms with Crippen LogP contribution in [0.1, 0.15) is 32.1 Å². The minimum absolute atomic E-state index is 0.0398. The molecule has 7 nitrogen and oxygen atoms in total. The Bertz CT molecular complexity index is 640. The molecule has 2 amide bonds. The SMILES string of the molecule is COc1ccc2c(c1)N(CCC1CCC(NC(=O)O)CC1)C(=O)CO2. The van der Waals surface area contributed by atoms with E-state index < -0.39 is 6.09 Å². The van der Waals surface area contributed by atoms with E-state index in [2.05, 4.69) is 5.32 Å². The fourth-order valence-corrected chi connectivity index (χ4v) is 3.64. The van der Waals surface area contributed by atoms with Gasteiger partial charge in [0.25, 0.3) is 5.91 Å². The van der Waals surface area contributed by atoms with Crippen LogP contribution in [0.25, 0.3) is 0 Å². The van der Waals surface area contributed by atoms with Crippen LogP contribution in [0.2, 0.25) is 0 Å². The van der Waals surface area contributed by atoms with Crippen LogP contribution in [0.4, 0.5) is 10.5 Å². The van der Waals surface area contributed by atoms with Gasteiger partial charge in [-0.2, -0.15) is 0 Å². The fourth-order valence-electron chi connectivity index (χ4n) is 3.64. The zero-order chi connectivity index (χ0) is 17.8. The van der Waals surface area contributed by atoms with Crippen molar-refractivity contribution in [1.82, 2.24) is 5.32 Å². The molecule has 0 bridgehead atoms. The summed E-state index contributed by atoms with van der Waals surface area (Å²) in [5.41, 5.74) is 0.761. The van der Waals surface area contributed by atoms with E-state index in [4.69, 9.17) is 14.6 Å². The van der Waals surface area contributed by atoms with E-state index in [9.17, 15) is 9.59 Å². The maximum atomic E-state index is 12.3. The lowest BCUT2D eigenvalue weighted by atomic mass is 9.84. The summed E-state index contributed by atoms with van der Waals surface area (Å²) >= 11 is 0. The Kier molecular flexibility index (Phi) is 5.31. The number of rotatable bonds is 5. The summed E-state index contributed by atoms with van der Waals surface area (Å²) in [5, 5.41) is 11.4. The Labute approximate surface area is 146 Å². The molecular formula is C18H24N2O5. The number of fused-ring (bicyclic) bond motifs is 1. The average molecular weight is 348 g/mol. The molecule has 1 saturated carbocycles. The second-order valence-corrected chi connectivity index (χ2v) is 6.62. The predicted molar refractivity (Wildman–Crippen MR) is 92.4 cm³/mol. The number of carboxylic acid groups (broad SMARTS) is 1. The summed E-state index contributed by atoms with van der Waals surface area (Å²) in [6.45, 7) is 0.707. The number of carbonyl (C=O) groups excluding carboxylic acids is 1. The Balaban J connectivity index is 1.58. The smallest absolute Gasteiger partial charge is 0.404 e. The molecule has 136 valence electrons. The molecule has 1 aromatic rings. The normalized spacial score (nSPS) is 22.8. The molecule has 7 heteroatoms. The number of ether oxygens (including phenoxy) is 2. The van der Waals surface area contributed by atoms with Crippen molar-refractivity contribution in [3.63, 3.8) is 0 Å². The number of carbonyl (C=O) groups is 2. The molecule has 3 rings (SSSR count). The second kappa shape index (κ2) is 7.63. The van der Waals surface area contributed by atoms with Gasteiger partial charge in [-0.05, 0) is 50.2 Å². The highest BCUT2D eigenvalue weighted by molar-refractivity contribution is 5.98. The van der Waals surface area contributed by atoms with Crippen LogP contribution in [-0.4, -0.2) is 43.4 Å². The minimum Gasteiger partial charge on any atom is -0.497 e. The summed E-state index contributed by atoms with van der Waals surface area (Å²) in [6.07, 6.45) is 3.63. The van der Waals surface area contributed by atoms with Gasteiger partial charge < -0.3 is 24.8 Å². The quantitative estimate of drug-likeness (QED) is 0.854. The van der Waals surface area contributed by atoms with E-state index in [1.54, 1.807) is 12.0 Å². The van der Waals surface area contributed by atoms with Crippen molar-refractivity contribution >= 4 is 17.7 Å². The number of anilines is 1. The van der Waals surface area contributed by atoms with Crippen molar-refractivity contribution in [3.8, 4) is 11.5 Å². The van der Waals surface area contributed by atoms with E-state index in [1.165, 1.54) is 0 Å². The van der Waals surface area contributed by atoms with E-state index in [0.29, 0.717) is 24.0 Å². The first-order chi connectivity index (χ1) is 12.1. The fraction of sp³-hybridized carbons (Fsp3) is 0.556. The van der Waals surface area contributed by atoms with Crippen LogP contribution < -0.4 is 19.7 Å². The Morgan fingerprint density at radius 3 is 2.80 bits per heavy atom. The summed E-state index contributed by atoms with van der Waals surface area (Å²) in [4.78, 5) is 24.8. The lowest BCUT2D eigenvalue weighted by molar-refractivity contribution is -0.121. The molecule has 1 heterocycles. The highest BCUT2D eigenvalue weighted by atomic mass is 16.5. The van der Waals surface area contributed by atoms with Gasteiger partial charge in [-0.1, -0.05) is 0 Å². The molecule has 1 aliphatic heterocycles. The number of hydrogen-bond acceptors (Lipinski definition) is 4. The maximum Gasteiger partial charge on any atom is 0.404 e. The molecule has 1 aliphatic carbocycles. The second-order valence-electron chi connectivity index (χ2n) is 6.62.